The van der Waals surface area contributed by atoms with Gasteiger partial charge in [-0.1, -0.05) is 84.5 Å². The zero-order chi connectivity index (χ0) is 25.2. The van der Waals surface area contributed by atoms with Crippen molar-refractivity contribution in [2.24, 2.45) is 0 Å². The van der Waals surface area contributed by atoms with E-state index >= 15 is 0 Å². The van der Waals surface area contributed by atoms with Gasteiger partial charge in [0.05, 0.1) is 12.8 Å². The van der Waals surface area contributed by atoms with Crippen molar-refractivity contribution in [2.75, 3.05) is 26.2 Å². The van der Waals surface area contributed by atoms with Gasteiger partial charge in [-0.2, -0.15) is 0 Å². The third-order valence-corrected chi connectivity index (χ3v) is 9.01. The molecule has 4 nitrogen and oxygen atoms in total. The Labute approximate surface area is 218 Å². The smallest absolute Gasteiger partial charge is 0.225 e. The van der Waals surface area contributed by atoms with E-state index in [0.717, 1.165) is 71.1 Å². The first-order valence-corrected chi connectivity index (χ1v) is 15.9. The number of unbranched alkanes of at least 4 members (excludes halogenated alkanes) is 11. The molecule has 0 aliphatic carbocycles. The van der Waals surface area contributed by atoms with Crippen molar-refractivity contribution in [2.45, 2.75) is 162 Å². The van der Waals surface area contributed by atoms with Crippen LogP contribution in [-0.2, 0) is 9.59 Å². The van der Waals surface area contributed by atoms with E-state index in [9.17, 15) is 9.59 Å². The minimum atomic E-state index is 0.400. The van der Waals surface area contributed by atoms with Gasteiger partial charge in [0.15, 0.2) is 0 Å². The minimum absolute atomic E-state index is 0.400. The van der Waals surface area contributed by atoms with Gasteiger partial charge in [0.2, 0.25) is 0 Å². The van der Waals surface area contributed by atoms with Crippen molar-refractivity contribution in [3.63, 3.8) is 0 Å². The summed E-state index contributed by atoms with van der Waals surface area (Å²) in [6.45, 7) is 8.12. The van der Waals surface area contributed by atoms with Crippen LogP contribution in [0.3, 0.4) is 0 Å². The molecule has 2 aliphatic heterocycles. The first kappa shape index (κ1) is 30.5. The summed E-state index contributed by atoms with van der Waals surface area (Å²) in [5, 5.41) is 0. The molecule has 0 unspecified atom stereocenters. The summed E-state index contributed by atoms with van der Waals surface area (Å²) < 4.78 is 0.953. The van der Waals surface area contributed by atoms with Gasteiger partial charge in [-0.05, 0) is 38.5 Å². The molecule has 2 heterocycles. The highest BCUT2D eigenvalue weighted by Crippen LogP contribution is 2.35. The van der Waals surface area contributed by atoms with E-state index in [0.29, 0.717) is 33.8 Å². The van der Waals surface area contributed by atoms with Crippen LogP contribution in [0.25, 0.3) is 0 Å². The molecule has 0 saturated carbocycles. The molecule has 0 N–H and O–H groups in total. The summed E-state index contributed by atoms with van der Waals surface area (Å²) >= 11 is 0. The Morgan fingerprint density at radius 1 is 0.429 bits per heavy atom. The van der Waals surface area contributed by atoms with Crippen molar-refractivity contribution < 1.29 is 18.8 Å². The molecule has 0 aromatic carbocycles. The molecule has 0 radical (unpaired) electrons. The first-order valence-electron chi connectivity index (χ1n) is 15.9. The summed E-state index contributed by atoms with van der Waals surface area (Å²) in [6.07, 6.45) is 26.6. The highest BCUT2D eigenvalue weighted by molar-refractivity contribution is 5.72. The molecule has 0 aromatic rings. The summed E-state index contributed by atoms with van der Waals surface area (Å²) in [5.74, 6) is 0.802. The third-order valence-electron chi connectivity index (χ3n) is 9.01. The Hall–Kier alpha value is -0.740. The average molecular weight is 493 g/mol. The fourth-order valence-electron chi connectivity index (χ4n) is 6.82. The van der Waals surface area contributed by atoms with Crippen LogP contribution in [0.1, 0.15) is 162 Å². The fraction of sp³-hybridized carbons (Fsp3) is 0.935. The molecule has 2 rings (SSSR count). The van der Waals surface area contributed by atoms with Gasteiger partial charge in [-0.3, -0.25) is 0 Å². The van der Waals surface area contributed by atoms with Crippen LogP contribution in [0.5, 0.6) is 0 Å². The van der Waals surface area contributed by atoms with Crippen LogP contribution in [-0.4, -0.2) is 47.2 Å². The van der Waals surface area contributed by atoms with Crippen LogP contribution >= 0.6 is 0 Å². The van der Waals surface area contributed by atoms with Crippen LogP contribution in [0.15, 0.2) is 0 Å². The highest BCUT2D eigenvalue weighted by Gasteiger charge is 2.59. The maximum absolute atomic E-state index is 14.2. The monoisotopic (exact) mass is 492 g/mol. The number of rotatable bonds is 15. The predicted molar refractivity (Wildman–Crippen MR) is 148 cm³/mol. The lowest BCUT2D eigenvalue weighted by molar-refractivity contribution is -1.42. The second kappa shape index (κ2) is 17.7. The topological polar surface area (TPSA) is 34.1 Å². The van der Waals surface area contributed by atoms with Crippen LogP contribution in [0.2, 0.25) is 0 Å². The summed E-state index contributed by atoms with van der Waals surface area (Å²) in [4.78, 5) is 28.3. The maximum Gasteiger partial charge on any atom is 0.360 e. The number of likely N-dealkylation sites (tertiary alicyclic amines) is 2. The lowest BCUT2D eigenvalue weighted by atomic mass is 10.1. The maximum atomic E-state index is 14.2. The number of carbonyl (C=O) groups is 2. The van der Waals surface area contributed by atoms with Crippen molar-refractivity contribution in [3.8, 4) is 0 Å². The molecule has 204 valence electrons. The van der Waals surface area contributed by atoms with Gasteiger partial charge in [-0.25, -0.2) is 9.59 Å². The van der Waals surface area contributed by atoms with Gasteiger partial charge in [0, 0.05) is 25.7 Å². The Kier molecular flexibility index (Phi) is 15.4. The lowest BCUT2D eigenvalue weighted by Gasteiger charge is -2.49. The van der Waals surface area contributed by atoms with E-state index in [1.54, 1.807) is 0 Å². The molecule has 0 bridgehead atoms. The van der Waals surface area contributed by atoms with E-state index < -0.39 is 0 Å². The number of nitrogens with zero attached hydrogens (tertiary/aromatic N) is 2. The molecule has 0 atom stereocenters. The number of carbonyl (C=O) groups excluding carboxylic acids is 2. The van der Waals surface area contributed by atoms with Gasteiger partial charge in [0.25, 0.3) is 0 Å². The third kappa shape index (κ3) is 9.26. The molecule has 2 fully saturated rings. The number of hydrogen-bond acceptors (Lipinski definition) is 2. The summed E-state index contributed by atoms with van der Waals surface area (Å²) in [5.41, 5.74) is 0. The quantitative estimate of drug-likeness (QED) is 0.169. The predicted octanol–water partition coefficient (Wildman–Crippen LogP) is 8.63. The Morgan fingerprint density at radius 3 is 1.03 bits per heavy atom. The zero-order valence-corrected chi connectivity index (χ0v) is 23.8. The molecule has 0 aromatic heterocycles. The van der Waals surface area contributed by atoms with E-state index in [1.165, 1.54) is 89.9 Å². The Bertz CT molecular complexity index is 573. The van der Waals surface area contributed by atoms with Crippen molar-refractivity contribution in [1.82, 2.24) is 0 Å². The van der Waals surface area contributed by atoms with Crippen molar-refractivity contribution >= 4 is 11.8 Å². The molecular weight excluding hydrogens is 432 g/mol. The largest absolute Gasteiger partial charge is 0.360 e. The number of amides is 2. The van der Waals surface area contributed by atoms with Gasteiger partial charge in [0.1, 0.15) is 26.2 Å². The second-order valence-electron chi connectivity index (χ2n) is 11.7. The SMILES string of the molecule is CCCCCCCCCC(=O)[N+]1([N+]2(C(=O)CCCCCCCC)CCCCCC2)CCCCCC1. The van der Waals surface area contributed by atoms with Crippen LogP contribution in [0, 0.1) is 0 Å². The van der Waals surface area contributed by atoms with E-state index in [-0.39, 0.29) is 0 Å². The first-order chi connectivity index (χ1) is 17.1. The van der Waals surface area contributed by atoms with E-state index in [1.807, 2.05) is 0 Å². The van der Waals surface area contributed by atoms with Gasteiger partial charge < -0.3 is 0 Å². The zero-order valence-electron chi connectivity index (χ0n) is 23.8. The van der Waals surface area contributed by atoms with Gasteiger partial charge in [-0.15, -0.1) is 9.18 Å². The van der Waals surface area contributed by atoms with Crippen LogP contribution < -0.4 is 0 Å². The van der Waals surface area contributed by atoms with Gasteiger partial charge >= 0.3 is 11.8 Å². The number of hydrogen-bond donors (Lipinski definition) is 0. The average Bonchev–Trinajstić information content (AvgIpc) is 3.28. The minimum Gasteiger partial charge on any atom is -0.225 e. The molecule has 4 heteroatoms. The molecule has 0 spiro atoms. The molecule has 2 saturated heterocycles. The van der Waals surface area contributed by atoms with Crippen molar-refractivity contribution in [1.29, 1.82) is 0 Å². The normalized spacial score (nSPS) is 20.2. The molecular formula is C31H60N2O2+2. The molecule has 35 heavy (non-hydrogen) atoms. The fourth-order valence-corrected chi connectivity index (χ4v) is 6.82. The Balaban J connectivity index is 2.13. The summed E-state index contributed by atoms with van der Waals surface area (Å²) in [6, 6.07) is 0. The molecule has 2 amide bonds. The molecule has 2 aliphatic rings. The standard InChI is InChI=1S/C31H60N2O2/c1-3-5-7-9-11-13-19-25-31(35)33(28-22-16-17-23-29-33)32(26-20-14-15-21-27-32)30(34)24-18-12-10-8-6-4-2/h3-29H2,1-2H3/q+2. The van der Waals surface area contributed by atoms with E-state index in [2.05, 4.69) is 13.8 Å². The lowest BCUT2D eigenvalue weighted by Crippen LogP contribution is -2.77. The highest BCUT2D eigenvalue weighted by atomic mass is 16.2. The van der Waals surface area contributed by atoms with Crippen molar-refractivity contribution in [3.05, 3.63) is 0 Å². The Morgan fingerprint density at radius 2 is 0.714 bits per heavy atom. The summed E-state index contributed by atoms with van der Waals surface area (Å²) in [7, 11) is 0. The second-order valence-corrected chi connectivity index (χ2v) is 11.7. The number of quaternary nitrogens is 2. The van der Waals surface area contributed by atoms with E-state index in [4.69, 9.17) is 0 Å². The van der Waals surface area contributed by atoms with Crippen LogP contribution in [0.4, 0.5) is 0 Å².